The highest BCUT2D eigenvalue weighted by molar-refractivity contribution is 5.32. The van der Waals surface area contributed by atoms with Crippen molar-refractivity contribution in [1.29, 1.82) is 0 Å². The molecule has 0 aliphatic heterocycles. The van der Waals surface area contributed by atoms with Crippen molar-refractivity contribution in [1.82, 2.24) is 5.32 Å². The van der Waals surface area contributed by atoms with Crippen molar-refractivity contribution in [3.05, 3.63) is 29.3 Å². The molecule has 1 aromatic rings. The fraction of sp³-hybridized carbons (Fsp3) is 0.600. The largest absolute Gasteiger partial charge is 0.497 e. The molecule has 0 heterocycles. The summed E-state index contributed by atoms with van der Waals surface area (Å²) in [5.74, 6) is -0.281. The average molecular weight is 269 g/mol. The van der Waals surface area contributed by atoms with E-state index < -0.39 is 11.6 Å². The molecule has 0 amide bonds. The van der Waals surface area contributed by atoms with E-state index in [2.05, 4.69) is 5.32 Å². The Kier molecular flexibility index (Phi) is 4.75. The van der Waals surface area contributed by atoms with Crippen LogP contribution in [0.15, 0.2) is 12.1 Å². The van der Waals surface area contributed by atoms with E-state index in [0.717, 1.165) is 19.3 Å². The predicted molar refractivity (Wildman–Crippen MR) is 71.3 cm³/mol. The van der Waals surface area contributed by atoms with E-state index >= 15 is 0 Å². The van der Waals surface area contributed by atoms with E-state index in [0.29, 0.717) is 5.92 Å². The number of ether oxygens (including phenoxy) is 1. The lowest BCUT2D eigenvalue weighted by Crippen LogP contribution is -2.21. The maximum absolute atomic E-state index is 14.0. The summed E-state index contributed by atoms with van der Waals surface area (Å²) in [4.78, 5) is 0. The van der Waals surface area contributed by atoms with Crippen molar-refractivity contribution < 1.29 is 13.5 Å². The maximum atomic E-state index is 14.0. The first kappa shape index (κ1) is 14.3. The Hall–Kier alpha value is -1.16. The van der Waals surface area contributed by atoms with Gasteiger partial charge in [0.1, 0.15) is 17.4 Å². The molecule has 0 radical (unpaired) electrons. The molecule has 0 aromatic heterocycles. The second-order valence-electron chi connectivity index (χ2n) is 5.23. The molecule has 1 fully saturated rings. The minimum Gasteiger partial charge on any atom is -0.497 e. The summed E-state index contributed by atoms with van der Waals surface area (Å²) in [7, 11) is 3.16. The van der Waals surface area contributed by atoms with Crippen LogP contribution in [0, 0.1) is 17.6 Å². The highest BCUT2D eigenvalue weighted by atomic mass is 19.1. The molecular weight excluding hydrogens is 248 g/mol. The SMILES string of the molecule is CNC(CC1CCCC1)c1c(F)cc(OC)cc1F. The highest BCUT2D eigenvalue weighted by Crippen LogP contribution is 2.35. The fourth-order valence-corrected chi connectivity index (χ4v) is 2.97. The second-order valence-corrected chi connectivity index (χ2v) is 5.23. The molecule has 1 N–H and O–H groups in total. The Balaban J connectivity index is 2.21. The molecule has 0 saturated heterocycles. The molecule has 2 nitrogen and oxygen atoms in total. The Labute approximate surface area is 113 Å². The van der Waals surface area contributed by atoms with Gasteiger partial charge in [-0.1, -0.05) is 25.7 Å². The lowest BCUT2D eigenvalue weighted by molar-refractivity contribution is 0.379. The average Bonchev–Trinajstić information content (AvgIpc) is 2.89. The highest BCUT2D eigenvalue weighted by Gasteiger charge is 2.25. The lowest BCUT2D eigenvalue weighted by Gasteiger charge is -2.22. The first-order valence-corrected chi connectivity index (χ1v) is 6.86. The maximum Gasteiger partial charge on any atom is 0.134 e. The quantitative estimate of drug-likeness (QED) is 0.877. The number of rotatable bonds is 5. The number of halogens is 2. The Morgan fingerprint density at radius 3 is 2.32 bits per heavy atom. The van der Waals surface area contributed by atoms with E-state index in [-0.39, 0.29) is 17.4 Å². The molecular formula is C15H21F2NO. The van der Waals surface area contributed by atoms with Gasteiger partial charge in [0.25, 0.3) is 0 Å². The second kappa shape index (κ2) is 6.33. The zero-order valence-electron chi connectivity index (χ0n) is 11.5. The van der Waals surface area contributed by atoms with Crippen LogP contribution in [0.3, 0.4) is 0 Å². The first-order chi connectivity index (χ1) is 9.15. The van der Waals surface area contributed by atoms with Crippen LogP contribution in [0.2, 0.25) is 0 Å². The van der Waals surface area contributed by atoms with Crippen LogP contribution in [-0.2, 0) is 0 Å². The van der Waals surface area contributed by atoms with Crippen molar-refractivity contribution >= 4 is 0 Å². The van der Waals surface area contributed by atoms with Gasteiger partial charge in [0.15, 0.2) is 0 Å². The van der Waals surface area contributed by atoms with Crippen molar-refractivity contribution in [3.8, 4) is 5.75 Å². The van der Waals surface area contributed by atoms with E-state index in [4.69, 9.17) is 4.74 Å². The third-order valence-corrected chi connectivity index (χ3v) is 4.03. The molecule has 2 rings (SSSR count). The topological polar surface area (TPSA) is 21.3 Å². The molecule has 0 bridgehead atoms. The summed E-state index contributed by atoms with van der Waals surface area (Å²) in [6, 6.07) is 2.23. The molecule has 1 aliphatic rings. The predicted octanol–water partition coefficient (Wildman–Crippen LogP) is 3.81. The van der Waals surface area contributed by atoms with E-state index in [1.165, 1.54) is 32.1 Å². The number of nitrogens with one attached hydrogen (secondary N) is 1. The van der Waals surface area contributed by atoms with E-state index in [1.807, 2.05) is 0 Å². The molecule has 1 unspecified atom stereocenters. The summed E-state index contributed by atoms with van der Waals surface area (Å²) in [6.45, 7) is 0. The Bertz CT molecular complexity index is 407. The Morgan fingerprint density at radius 1 is 1.26 bits per heavy atom. The van der Waals surface area contributed by atoms with Gasteiger partial charge in [0, 0.05) is 23.7 Å². The fourth-order valence-electron chi connectivity index (χ4n) is 2.97. The molecule has 1 aliphatic carbocycles. The zero-order valence-corrected chi connectivity index (χ0v) is 11.5. The van der Waals surface area contributed by atoms with Gasteiger partial charge in [-0.15, -0.1) is 0 Å². The standard InChI is InChI=1S/C15H21F2NO/c1-18-14(7-10-5-3-4-6-10)15-12(16)8-11(19-2)9-13(15)17/h8-10,14,18H,3-7H2,1-2H3. The number of benzene rings is 1. The van der Waals surface area contributed by atoms with Crippen LogP contribution in [-0.4, -0.2) is 14.2 Å². The van der Waals surface area contributed by atoms with Crippen molar-refractivity contribution in [2.45, 2.75) is 38.1 Å². The number of hydrogen-bond donors (Lipinski definition) is 1. The van der Waals surface area contributed by atoms with Crippen LogP contribution < -0.4 is 10.1 Å². The monoisotopic (exact) mass is 269 g/mol. The van der Waals surface area contributed by atoms with Crippen LogP contribution in [0.1, 0.15) is 43.7 Å². The number of methoxy groups -OCH3 is 1. The summed E-state index contributed by atoms with van der Waals surface area (Å²) in [5.41, 5.74) is 0.134. The van der Waals surface area contributed by atoms with E-state index in [1.54, 1.807) is 7.05 Å². The summed E-state index contributed by atoms with van der Waals surface area (Å²) >= 11 is 0. The summed E-state index contributed by atoms with van der Waals surface area (Å²) in [5, 5.41) is 3.04. The van der Waals surface area contributed by atoms with Gasteiger partial charge in [-0.3, -0.25) is 0 Å². The van der Waals surface area contributed by atoms with Gasteiger partial charge >= 0.3 is 0 Å². The minimum absolute atomic E-state index is 0.134. The lowest BCUT2D eigenvalue weighted by atomic mass is 9.93. The molecule has 1 atom stereocenters. The van der Waals surface area contributed by atoms with Gasteiger partial charge in [0.05, 0.1) is 7.11 Å². The van der Waals surface area contributed by atoms with Crippen LogP contribution in [0.4, 0.5) is 8.78 Å². The first-order valence-electron chi connectivity index (χ1n) is 6.86. The number of hydrogen-bond acceptors (Lipinski definition) is 2. The summed E-state index contributed by atoms with van der Waals surface area (Å²) < 4.78 is 33.0. The third kappa shape index (κ3) is 3.24. The van der Waals surface area contributed by atoms with Crippen LogP contribution >= 0.6 is 0 Å². The van der Waals surface area contributed by atoms with Crippen molar-refractivity contribution in [2.24, 2.45) is 5.92 Å². The molecule has 106 valence electrons. The minimum atomic E-state index is -0.533. The normalized spacial score (nSPS) is 17.7. The van der Waals surface area contributed by atoms with E-state index in [9.17, 15) is 8.78 Å². The smallest absolute Gasteiger partial charge is 0.134 e. The van der Waals surface area contributed by atoms with Crippen LogP contribution in [0.5, 0.6) is 5.75 Å². The molecule has 4 heteroatoms. The van der Waals surface area contributed by atoms with Crippen molar-refractivity contribution in [2.75, 3.05) is 14.2 Å². The van der Waals surface area contributed by atoms with Gasteiger partial charge in [0.2, 0.25) is 0 Å². The molecule has 1 aromatic carbocycles. The van der Waals surface area contributed by atoms with Gasteiger partial charge < -0.3 is 10.1 Å². The van der Waals surface area contributed by atoms with Crippen molar-refractivity contribution in [3.63, 3.8) is 0 Å². The molecule has 0 spiro atoms. The molecule has 19 heavy (non-hydrogen) atoms. The third-order valence-electron chi connectivity index (χ3n) is 4.03. The van der Waals surface area contributed by atoms with Gasteiger partial charge in [-0.05, 0) is 19.4 Å². The van der Waals surface area contributed by atoms with Gasteiger partial charge in [-0.2, -0.15) is 0 Å². The van der Waals surface area contributed by atoms with Gasteiger partial charge in [-0.25, -0.2) is 8.78 Å². The Morgan fingerprint density at radius 2 is 1.84 bits per heavy atom. The summed E-state index contributed by atoms with van der Waals surface area (Å²) in [6.07, 6.45) is 5.58. The van der Waals surface area contributed by atoms with Crippen LogP contribution in [0.25, 0.3) is 0 Å². The zero-order chi connectivity index (χ0) is 13.8. The molecule has 1 saturated carbocycles.